The third kappa shape index (κ3) is 3.29. The minimum Gasteiger partial charge on any atom is -0.478 e. The molecule has 1 aromatic carbocycles. The number of carboxylic acid groups (broad SMARTS) is 1. The maximum Gasteiger partial charge on any atom is 0.337 e. The largest absolute Gasteiger partial charge is 0.478 e. The fourth-order valence-corrected chi connectivity index (χ4v) is 2.73. The van der Waals surface area contributed by atoms with Crippen LogP contribution < -0.4 is 5.32 Å². The summed E-state index contributed by atoms with van der Waals surface area (Å²) in [6.07, 6.45) is 2.79. The van der Waals surface area contributed by atoms with Crippen LogP contribution in [0.1, 0.15) is 27.5 Å². The SMILES string of the molecule is COC[C@@H](Nc1ncnn2cc(C(=O)O)c(C)c12)c1ccc(F)cc1. The van der Waals surface area contributed by atoms with Gasteiger partial charge in [0.25, 0.3) is 0 Å². The summed E-state index contributed by atoms with van der Waals surface area (Å²) in [5.74, 6) is -0.870. The Hall–Kier alpha value is -3.00. The van der Waals surface area contributed by atoms with Gasteiger partial charge in [-0.05, 0) is 30.2 Å². The molecule has 0 aliphatic heterocycles. The van der Waals surface area contributed by atoms with Gasteiger partial charge in [0.05, 0.1) is 18.2 Å². The summed E-state index contributed by atoms with van der Waals surface area (Å²) in [5.41, 5.74) is 2.12. The summed E-state index contributed by atoms with van der Waals surface area (Å²) < 4.78 is 19.9. The first-order chi connectivity index (χ1) is 12.0. The molecule has 0 fully saturated rings. The van der Waals surface area contributed by atoms with Gasteiger partial charge in [0, 0.05) is 13.3 Å². The molecule has 0 saturated heterocycles. The Kier molecular flexibility index (Phi) is 4.62. The summed E-state index contributed by atoms with van der Waals surface area (Å²) in [6, 6.07) is 5.79. The van der Waals surface area contributed by atoms with Crippen LogP contribution in [0.15, 0.2) is 36.8 Å². The highest BCUT2D eigenvalue weighted by Gasteiger charge is 2.19. The second-order valence-corrected chi connectivity index (χ2v) is 5.58. The summed E-state index contributed by atoms with van der Waals surface area (Å²) in [6.45, 7) is 2.03. The highest BCUT2D eigenvalue weighted by atomic mass is 19.1. The van der Waals surface area contributed by atoms with E-state index in [1.165, 1.54) is 29.2 Å². The summed E-state index contributed by atoms with van der Waals surface area (Å²) in [4.78, 5) is 15.6. The minimum atomic E-state index is -1.03. The molecule has 0 aliphatic carbocycles. The average molecular weight is 344 g/mol. The summed E-state index contributed by atoms with van der Waals surface area (Å²) in [5, 5.41) is 16.6. The van der Waals surface area contributed by atoms with Crippen molar-refractivity contribution in [2.24, 2.45) is 0 Å². The van der Waals surface area contributed by atoms with Gasteiger partial charge in [-0.25, -0.2) is 18.7 Å². The Morgan fingerprint density at radius 2 is 2.12 bits per heavy atom. The first-order valence-electron chi connectivity index (χ1n) is 7.58. The number of nitrogens with zero attached hydrogens (tertiary/aromatic N) is 3. The number of aryl methyl sites for hydroxylation is 1. The molecule has 3 rings (SSSR count). The van der Waals surface area contributed by atoms with E-state index < -0.39 is 5.97 Å². The predicted molar refractivity (Wildman–Crippen MR) is 89.3 cm³/mol. The van der Waals surface area contributed by atoms with E-state index in [0.29, 0.717) is 23.5 Å². The molecule has 1 atom stereocenters. The number of nitrogens with one attached hydrogen (secondary N) is 1. The maximum absolute atomic E-state index is 13.2. The number of benzene rings is 1. The second kappa shape index (κ2) is 6.86. The number of hydrogen-bond donors (Lipinski definition) is 2. The Morgan fingerprint density at radius 1 is 1.40 bits per heavy atom. The van der Waals surface area contributed by atoms with Crippen molar-refractivity contribution in [1.29, 1.82) is 0 Å². The normalized spacial score (nSPS) is 12.3. The monoisotopic (exact) mass is 344 g/mol. The number of rotatable bonds is 6. The lowest BCUT2D eigenvalue weighted by Gasteiger charge is -2.19. The molecule has 0 radical (unpaired) electrons. The van der Waals surface area contributed by atoms with Crippen molar-refractivity contribution in [3.63, 3.8) is 0 Å². The van der Waals surface area contributed by atoms with Crippen molar-refractivity contribution in [3.05, 3.63) is 59.3 Å². The van der Waals surface area contributed by atoms with E-state index in [0.717, 1.165) is 5.56 Å². The number of aromatic carboxylic acids is 1. The molecule has 2 aromatic heterocycles. The van der Waals surface area contributed by atoms with Gasteiger partial charge < -0.3 is 15.2 Å². The van der Waals surface area contributed by atoms with E-state index in [4.69, 9.17) is 4.74 Å². The van der Waals surface area contributed by atoms with Crippen LogP contribution in [0.5, 0.6) is 0 Å². The number of carboxylic acids is 1. The molecule has 3 aromatic rings. The molecule has 2 heterocycles. The zero-order valence-electron chi connectivity index (χ0n) is 13.7. The molecular weight excluding hydrogens is 327 g/mol. The van der Waals surface area contributed by atoms with Gasteiger partial charge in [0.2, 0.25) is 0 Å². The molecule has 7 nitrogen and oxygen atoms in total. The van der Waals surface area contributed by atoms with Gasteiger partial charge in [0.1, 0.15) is 17.7 Å². The zero-order valence-corrected chi connectivity index (χ0v) is 13.7. The molecule has 0 bridgehead atoms. The first-order valence-corrected chi connectivity index (χ1v) is 7.58. The van der Waals surface area contributed by atoms with E-state index in [9.17, 15) is 14.3 Å². The molecule has 0 spiro atoms. The van der Waals surface area contributed by atoms with Crippen molar-refractivity contribution < 1.29 is 19.0 Å². The Balaban J connectivity index is 2.02. The average Bonchev–Trinajstić information content (AvgIpc) is 2.93. The van der Waals surface area contributed by atoms with Crippen LogP contribution in [0.4, 0.5) is 10.2 Å². The summed E-state index contributed by atoms with van der Waals surface area (Å²) in [7, 11) is 1.57. The number of fused-ring (bicyclic) bond motifs is 1. The van der Waals surface area contributed by atoms with Crippen LogP contribution in [-0.2, 0) is 4.74 Å². The second-order valence-electron chi connectivity index (χ2n) is 5.58. The topological polar surface area (TPSA) is 88.8 Å². The van der Waals surface area contributed by atoms with Gasteiger partial charge in [-0.1, -0.05) is 12.1 Å². The van der Waals surface area contributed by atoms with E-state index in [2.05, 4.69) is 15.4 Å². The minimum absolute atomic E-state index is 0.161. The van der Waals surface area contributed by atoms with Crippen LogP contribution >= 0.6 is 0 Å². The number of hydrogen-bond acceptors (Lipinski definition) is 5. The Labute approximate surface area is 143 Å². The summed E-state index contributed by atoms with van der Waals surface area (Å²) >= 11 is 0. The number of ether oxygens (including phenoxy) is 1. The lowest BCUT2D eigenvalue weighted by Crippen LogP contribution is -2.18. The molecule has 2 N–H and O–H groups in total. The number of methoxy groups -OCH3 is 1. The lowest BCUT2D eigenvalue weighted by atomic mass is 10.1. The van der Waals surface area contributed by atoms with E-state index in [1.54, 1.807) is 26.2 Å². The van der Waals surface area contributed by atoms with Crippen LogP contribution in [0.25, 0.3) is 5.52 Å². The van der Waals surface area contributed by atoms with E-state index in [1.807, 2.05) is 0 Å². The van der Waals surface area contributed by atoms with Crippen molar-refractivity contribution >= 4 is 17.3 Å². The number of anilines is 1. The van der Waals surface area contributed by atoms with Gasteiger partial charge in [-0.2, -0.15) is 5.10 Å². The number of carbonyl (C=O) groups is 1. The standard InChI is InChI=1S/C17H17FN4O3/c1-10-13(17(23)24)7-22-15(10)16(19-9-20-22)21-14(8-25-2)11-3-5-12(18)6-4-11/h3-7,9,14H,8H2,1-2H3,(H,23,24)(H,19,20,21)/t14-/m1/s1. The highest BCUT2D eigenvalue weighted by molar-refractivity contribution is 5.93. The van der Waals surface area contributed by atoms with Crippen molar-refractivity contribution in [3.8, 4) is 0 Å². The highest BCUT2D eigenvalue weighted by Crippen LogP contribution is 2.26. The molecule has 8 heteroatoms. The third-order valence-corrected chi connectivity index (χ3v) is 3.97. The fraction of sp³-hybridized carbons (Fsp3) is 0.235. The number of aromatic nitrogens is 3. The molecule has 25 heavy (non-hydrogen) atoms. The van der Waals surface area contributed by atoms with Gasteiger partial charge in [-0.3, -0.25) is 0 Å². The Morgan fingerprint density at radius 3 is 2.76 bits per heavy atom. The molecular formula is C17H17FN4O3. The smallest absolute Gasteiger partial charge is 0.337 e. The van der Waals surface area contributed by atoms with Gasteiger partial charge in [0.15, 0.2) is 5.82 Å². The van der Waals surface area contributed by atoms with Crippen LogP contribution in [0.3, 0.4) is 0 Å². The van der Waals surface area contributed by atoms with Crippen molar-refractivity contribution in [1.82, 2.24) is 14.6 Å². The van der Waals surface area contributed by atoms with Crippen molar-refractivity contribution in [2.75, 3.05) is 19.0 Å². The molecule has 130 valence electrons. The van der Waals surface area contributed by atoms with E-state index in [-0.39, 0.29) is 17.4 Å². The van der Waals surface area contributed by atoms with Crippen LogP contribution in [0, 0.1) is 12.7 Å². The third-order valence-electron chi connectivity index (χ3n) is 3.97. The van der Waals surface area contributed by atoms with Gasteiger partial charge in [-0.15, -0.1) is 0 Å². The molecule has 0 amide bonds. The fourth-order valence-electron chi connectivity index (χ4n) is 2.73. The number of halogens is 1. The molecule has 0 saturated carbocycles. The lowest BCUT2D eigenvalue weighted by molar-refractivity contribution is 0.0696. The first kappa shape index (κ1) is 16.8. The molecule has 0 aliphatic rings. The Bertz CT molecular complexity index is 908. The van der Waals surface area contributed by atoms with E-state index >= 15 is 0 Å². The van der Waals surface area contributed by atoms with Crippen LogP contribution in [0.2, 0.25) is 0 Å². The quantitative estimate of drug-likeness (QED) is 0.715. The van der Waals surface area contributed by atoms with Crippen LogP contribution in [-0.4, -0.2) is 39.4 Å². The predicted octanol–water partition coefficient (Wildman–Crippen LogP) is 2.67. The zero-order chi connectivity index (χ0) is 18.0. The molecule has 0 unspecified atom stereocenters. The van der Waals surface area contributed by atoms with Crippen molar-refractivity contribution in [2.45, 2.75) is 13.0 Å². The maximum atomic E-state index is 13.2. The van der Waals surface area contributed by atoms with Gasteiger partial charge >= 0.3 is 5.97 Å².